The maximum Gasteiger partial charge on any atom is 0.329 e. The van der Waals surface area contributed by atoms with Gasteiger partial charge in [-0.1, -0.05) is 12.1 Å². The Morgan fingerprint density at radius 2 is 2.23 bits per heavy atom. The molecule has 0 saturated heterocycles. The van der Waals surface area contributed by atoms with Crippen LogP contribution >= 0.6 is 0 Å². The highest BCUT2D eigenvalue weighted by molar-refractivity contribution is 5.68. The largest absolute Gasteiger partial charge is 0.344 e. The molecule has 0 bridgehead atoms. The number of hydrogen-bond acceptors (Lipinski definition) is 4. The summed E-state index contributed by atoms with van der Waals surface area (Å²) in [6.07, 6.45) is 0. The Morgan fingerprint density at radius 3 is 2.85 bits per heavy atom. The average Bonchev–Trinajstić information content (AvgIpc) is 2.15. The van der Waals surface area contributed by atoms with Crippen LogP contribution in [0.15, 0.2) is 24.3 Å². The molecule has 0 spiro atoms. The number of para-hydroxylation sites is 1. The SMILES string of the molecule is CC(=O)ONc1ccccc1C#N. The number of rotatable bonds is 2. The summed E-state index contributed by atoms with van der Waals surface area (Å²) in [5, 5.41) is 8.65. The van der Waals surface area contributed by atoms with Crippen molar-refractivity contribution in [3.05, 3.63) is 29.8 Å². The standard InChI is InChI=1S/C9H8N2O2/c1-7(12)13-11-9-5-3-2-4-8(9)6-10/h2-5,11H,1H3. The Hall–Kier alpha value is -2.02. The Morgan fingerprint density at radius 1 is 1.54 bits per heavy atom. The van der Waals surface area contributed by atoms with Crippen molar-refractivity contribution in [3.8, 4) is 6.07 Å². The van der Waals surface area contributed by atoms with Crippen molar-refractivity contribution in [2.24, 2.45) is 0 Å². The second kappa shape index (κ2) is 4.12. The second-order valence-corrected chi connectivity index (χ2v) is 2.35. The Balaban J connectivity index is 2.77. The van der Waals surface area contributed by atoms with Gasteiger partial charge in [0.05, 0.1) is 11.3 Å². The Labute approximate surface area is 75.7 Å². The number of benzene rings is 1. The van der Waals surface area contributed by atoms with Gasteiger partial charge in [0.15, 0.2) is 0 Å². The topological polar surface area (TPSA) is 62.1 Å². The molecule has 0 aliphatic heterocycles. The molecule has 0 radical (unpaired) electrons. The highest BCUT2D eigenvalue weighted by Crippen LogP contribution is 2.12. The van der Waals surface area contributed by atoms with Gasteiger partial charge < -0.3 is 4.84 Å². The fourth-order valence-electron chi connectivity index (χ4n) is 0.796. The number of carbonyl (C=O) groups excluding carboxylic acids is 1. The van der Waals surface area contributed by atoms with Crippen LogP contribution in [0.2, 0.25) is 0 Å². The number of nitrogens with zero attached hydrogens (tertiary/aromatic N) is 1. The van der Waals surface area contributed by atoms with Gasteiger partial charge in [-0.3, -0.25) is 4.79 Å². The van der Waals surface area contributed by atoms with Gasteiger partial charge in [-0.2, -0.15) is 5.26 Å². The lowest BCUT2D eigenvalue weighted by molar-refractivity contribution is -0.138. The maximum atomic E-state index is 10.4. The van der Waals surface area contributed by atoms with Crippen LogP contribution in [0.5, 0.6) is 0 Å². The molecule has 0 unspecified atom stereocenters. The van der Waals surface area contributed by atoms with E-state index in [0.29, 0.717) is 11.3 Å². The minimum absolute atomic E-state index is 0.434. The van der Waals surface area contributed by atoms with Gasteiger partial charge in [-0.25, -0.2) is 5.48 Å². The van der Waals surface area contributed by atoms with E-state index in [0.717, 1.165) is 0 Å². The van der Waals surface area contributed by atoms with Crippen LogP contribution in [-0.2, 0) is 9.63 Å². The van der Waals surface area contributed by atoms with E-state index in [1.807, 2.05) is 6.07 Å². The van der Waals surface area contributed by atoms with Crippen molar-refractivity contribution in [2.45, 2.75) is 6.92 Å². The molecule has 0 aliphatic rings. The van der Waals surface area contributed by atoms with E-state index >= 15 is 0 Å². The molecule has 0 aromatic heterocycles. The smallest absolute Gasteiger partial charge is 0.329 e. The number of hydrogen-bond donors (Lipinski definition) is 1. The number of carbonyl (C=O) groups is 1. The average molecular weight is 176 g/mol. The van der Waals surface area contributed by atoms with Gasteiger partial charge >= 0.3 is 5.97 Å². The quantitative estimate of drug-likeness (QED) is 0.692. The maximum absolute atomic E-state index is 10.4. The van der Waals surface area contributed by atoms with Crippen LogP contribution in [0, 0.1) is 11.3 Å². The summed E-state index contributed by atoms with van der Waals surface area (Å²) < 4.78 is 0. The zero-order valence-corrected chi connectivity index (χ0v) is 7.07. The van der Waals surface area contributed by atoms with Gasteiger partial charge in [0.2, 0.25) is 0 Å². The minimum atomic E-state index is -0.451. The molecular weight excluding hydrogens is 168 g/mol. The summed E-state index contributed by atoms with van der Waals surface area (Å²) in [5.74, 6) is -0.451. The molecule has 1 aromatic rings. The van der Waals surface area contributed by atoms with Crippen molar-refractivity contribution in [3.63, 3.8) is 0 Å². The summed E-state index contributed by atoms with van der Waals surface area (Å²) in [7, 11) is 0. The first-order chi connectivity index (χ1) is 6.24. The van der Waals surface area contributed by atoms with Crippen LogP contribution in [-0.4, -0.2) is 5.97 Å². The molecule has 0 amide bonds. The summed E-state index contributed by atoms with van der Waals surface area (Å²) >= 11 is 0. The molecule has 1 aromatic carbocycles. The third-order valence-corrected chi connectivity index (χ3v) is 1.35. The summed E-state index contributed by atoms with van der Waals surface area (Å²) in [6, 6.07) is 8.73. The van der Waals surface area contributed by atoms with Gasteiger partial charge in [-0.15, -0.1) is 0 Å². The number of anilines is 1. The Kier molecular flexibility index (Phi) is 2.87. The molecule has 4 nitrogen and oxygen atoms in total. The van der Waals surface area contributed by atoms with Crippen LogP contribution in [0.25, 0.3) is 0 Å². The van der Waals surface area contributed by atoms with Crippen LogP contribution in [0.4, 0.5) is 5.69 Å². The molecule has 0 heterocycles. The van der Waals surface area contributed by atoms with E-state index in [9.17, 15) is 4.79 Å². The minimum Gasteiger partial charge on any atom is -0.344 e. The highest BCUT2D eigenvalue weighted by atomic mass is 16.7. The normalized spacial score (nSPS) is 8.62. The molecule has 0 aliphatic carbocycles. The first-order valence-electron chi connectivity index (χ1n) is 3.66. The lowest BCUT2D eigenvalue weighted by Crippen LogP contribution is -2.07. The van der Waals surface area contributed by atoms with Gasteiger partial charge in [0, 0.05) is 6.92 Å². The first-order valence-corrected chi connectivity index (χ1v) is 3.66. The highest BCUT2D eigenvalue weighted by Gasteiger charge is 2.00. The molecule has 0 saturated carbocycles. The third kappa shape index (κ3) is 2.49. The molecule has 4 heteroatoms. The summed E-state index contributed by atoms with van der Waals surface area (Å²) in [4.78, 5) is 15.0. The predicted octanol–water partition coefficient (Wildman–Crippen LogP) is 1.45. The fourth-order valence-corrected chi connectivity index (χ4v) is 0.796. The van der Waals surface area contributed by atoms with Crippen molar-refractivity contribution < 1.29 is 9.63 Å². The fraction of sp³-hybridized carbons (Fsp3) is 0.111. The van der Waals surface area contributed by atoms with Crippen molar-refractivity contribution >= 4 is 11.7 Å². The van der Waals surface area contributed by atoms with E-state index < -0.39 is 5.97 Å². The van der Waals surface area contributed by atoms with Gasteiger partial charge in [0.1, 0.15) is 6.07 Å². The first kappa shape index (κ1) is 9.07. The third-order valence-electron chi connectivity index (χ3n) is 1.35. The van der Waals surface area contributed by atoms with E-state index in [1.54, 1.807) is 24.3 Å². The predicted molar refractivity (Wildman–Crippen MR) is 46.5 cm³/mol. The Bertz CT molecular complexity index is 355. The second-order valence-electron chi connectivity index (χ2n) is 2.35. The monoisotopic (exact) mass is 176 g/mol. The molecule has 1 N–H and O–H groups in total. The van der Waals surface area contributed by atoms with Crippen LogP contribution in [0.3, 0.4) is 0 Å². The molecule has 66 valence electrons. The van der Waals surface area contributed by atoms with E-state index in [-0.39, 0.29) is 0 Å². The zero-order valence-electron chi connectivity index (χ0n) is 7.07. The number of nitriles is 1. The number of nitrogens with one attached hydrogen (secondary N) is 1. The lowest BCUT2D eigenvalue weighted by atomic mass is 10.2. The van der Waals surface area contributed by atoms with Crippen LogP contribution < -0.4 is 5.48 Å². The molecule has 1 rings (SSSR count). The molecule has 0 atom stereocenters. The van der Waals surface area contributed by atoms with Crippen LogP contribution in [0.1, 0.15) is 12.5 Å². The van der Waals surface area contributed by atoms with Gasteiger partial charge in [-0.05, 0) is 12.1 Å². The van der Waals surface area contributed by atoms with Crippen molar-refractivity contribution in [2.75, 3.05) is 5.48 Å². The van der Waals surface area contributed by atoms with Gasteiger partial charge in [0.25, 0.3) is 0 Å². The molecule has 13 heavy (non-hydrogen) atoms. The van der Waals surface area contributed by atoms with E-state index in [2.05, 4.69) is 10.3 Å². The molecular formula is C9H8N2O2. The van der Waals surface area contributed by atoms with E-state index in [1.165, 1.54) is 6.92 Å². The summed E-state index contributed by atoms with van der Waals surface area (Å²) in [6.45, 7) is 1.28. The van der Waals surface area contributed by atoms with Crippen molar-refractivity contribution in [1.82, 2.24) is 0 Å². The summed E-state index contributed by atoms with van der Waals surface area (Å²) in [5.41, 5.74) is 3.31. The zero-order chi connectivity index (χ0) is 9.68. The van der Waals surface area contributed by atoms with E-state index in [4.69, 9.17) is 5.26 Å². The van der Waals surface area contributed by atoms with Crippen molar-refractivity contribution in [1.29, 1.82) is 5.26 Å². The molecule has 0 fully saturated rings. The lowest BCUT2D eigenvalue weighted by Gasteiger charge is -2.05.